The number of thiazole rings is 1. The fraction of sp³-hybridized carbons (Fsp3) is 0.412. The highest BCUT2D eigenvalue weighted by molar-refractivity contribution is 7.16. The van der Waals surface area contributed by atoms with Crippen molar-refractivity contribution in [2.75, 3.05) is 11.9 Å². The monoisotopic (exact) mass is 317 g/mol. The van der Waals surface area contributed by atoms with Gasteiger partial charge in [0.25, 0.3) is 0 Å². The molecule has 0 aliphatic rings. The van der Waals surface area contributed by atoms with Gasteiger partial charge >= 0.3 is 0 Å². The van der Waals surface area contributed by atoms with Crippen molar-refractivity contribution in [3.8, 4) is 11.3 Å². The van der Waals surface area contributed by atoms with Crippen LogP contribution in [0.25, 0.3) is 11.3 Å². The molecular weight excluding hydrogens is 294 g/mol. The molecule has 0 aliphatic carbocycles. The zero-order valence-corrected chi connectivity index (χ0v) is 14.3. The summed E-state index contributed by atoms with van der Waals surface area (Å²) < 4.78 is 0. The molecule has 0 radical (unpaired) electrons. The molecule has 1 heterocycles. The second-order valence-corrected chi connectivity index (χ2v) is 6.95. The topological polar surface area (TPSA) is 68.0 Å². The van der Waals surface area contributed by atoms with Gasteiger partial charge < -0.3 is 11.1 Å². The molecule has 5 heteroatoms. The zero-order chi connectivity index (χ0) is 16.3. The van der Waals surface area contributed by atoms with Crippen LogP contribution in [0.4, 0.5) is 5.13 Å². The number of nitrogens with one attached hydrogen (secondary N) is 1. The molecule has 1 aromatic heterocycles. The molecule has 0 fully saturated rings. The maximum absolute atomic E-state index is 11.5. The minimum absolute atomic E-state index is 0.0327. The van der Waals surface area contributed by atoms with Crippen molar-refractivity contribution in [1.82, 2.24) is 4.98 Å². The van der Waals surface area contributed by atoms with Crippen molar-refractivity contribution in [1.29, 1.82) is 0 Å². The van der Waals surface area contributed by atoms with E-state index in [1.165, 1.54) is 21.8 Å². The molecule has 2 aromatic rings. The van der Waals surface area contributed by atoms with Crippen LogP contribution in [0, 0.1) is 0 Å². The molecule has 118 valence electrons. The summed E-state index contributed by atoms with van der Waals surface area (Å²) in [5.74, 6) is 0.639. The normalized spacial score (nSPS) is 11.2. The number of carbonyl (C=O) groups excluding carboxylic acids is 1. The van der Waals surface area contributed by atoms with E-state index >= 15 is 0 Å². The molecule has 0 saturated carbocycles. The molecule has 1 amide bonds. The SMILES string of the molecule is CC(C)c1ccc(-c2nc(NC(=O)CN)sc2C(C)C)cc1. The first-order chi connectivity index (χ1) is 10.4. The van der Waals surface area contributed by atoms with E-state index in [-0.39, 0.29) is 12.5 Å². The zero-order valence-electron chi connectivity index (χ0n) is 13.5. The lowest BCUT2D eigenvalue weighted by Gasteiger charge is -2.08. The van der Waals surface area contributed by atoms with Gasteiger partial charge in [0, 0.05) is 10.4 Å². The van der Waals surface area contributed by atoms with Gasteiger partial charge in [-0.25, -0.2) is 4.98 Å². The van der Waals surface area contributed by atoms with Crippen LogP contribution in [0.5, 0.6) is 0 Å². The Kier molecular flexibility index (Phi) is 5.32. The van der Waals surface area contributed by atoms with E-state index in [4.69, 9.17) is 5.73 Å². The van der Waals surface area contributed by atoms with Crippen molar-refractivity contribution in [3.05, 3.63) is 34.7 Å². The first kappa shape index (κ1) is 16.6. The summed E-state index contributed by atoms with van der Waals surface area (Å²) >= 11 is 1.52. The van der Waals surface area contributed by atoms with Gasteiger partial charge in [-0.15, -0.1) is 11.3 Å². The number of rotatable bonds is 5. The molecule has 0 spiro atoms. The maximum atomic E-state index is 11.5. The van der Waals surface area contributed by atoms with Crippen molar-refractivity contribution in [3.63, 3.8) is 0 Å². The van der Waals surface area contributed by atoms with E-state index < -0.39 is 0 Å². The molecule has 1 aromatic carbocycles. The number of anilines is 1. The van der Waals surface area contributed by atoms with Gasteiger partial charge in [-0.2, -0.15) is 0 Å². The summed E-state index contributed by atoms with van der Waals surface area (Å²) in [6.45, 7) is 8.59. The van der Waals surface area contributed by atoms with Gasteiger partial charge in [0.2, 0.25) is 5.91 Å². The lowest BCUT2D eigenvalue weighted by molar-refractivity contribution is -0.114. The van der Waals surface area contributed by atoms with Gasteiger partial charge in [0.1, 0.15) is 0 Å². The van der Waals surface area contributed by atoms with Crippen LogP contribution in [0.1, 0.15) is 50.0 Å². The number of hydrogen-bond acceptors (Lipinski definition) is 4. The molecule has 22 heavy (non-hydrogen) atoms. The first-order valence-electron chi connectivity index (χ1n) is 7.53. The summed E-state index contributed by atoms with van der Waals surface area (Å²) in [6, 6.07) is 8.48. The Morgan fingerprint density at radius 3 is 2.32 bits per heavy atom. The third kappa shape index (κ3) is 3.72. The Labute approximate surface area is 135 Å². The predicted octanol–water partition coefficient (Wildman–Crippen LogP) is 3.95. The van der Waals surface area contributed by atoms with Crippen LogP contribution in [-0.2, 0) is 4.79 Å². The second kappa shape index (κ2) is 7.03. The van der Waals surface area contributed by atoms with Crippen LogP contribution in [-0.4, -0.2) is 17.4 Å². The summed E-state index contributed by atoms with van der Waals surface area (Å²) in [7, 11) is 0. The van der Waals surface area contributed by atoms with E-state index in [1.807, 2.05) is 0 Å². The van der Waals surface area contributed by atoms with Crippen LogP contribution in [0.3, 0.4) is 0 Å². The Bertz CT molecular complexity index is 644. The summed E-state index contributed by atoms with van der Waals surface area (Å²) in [5.41, 5.74) is 8.68. The Balaban J connectivity index is 2.37. The molecule has 4 nitrogen and oxygen atoms in total. The average molecular weight is 317 g/mol. The van der Waals surface area contributed by atoms with E-state index in [2.05, 4.69) is 62.3 Å². The third-order valence-corrected chi connectivity index (χ3v) is 4.73. The molecule has 0 aliphatic heterocycles. The first-order valence-corrected chi connectivity index (χ1v) is 8.35. The summed E-state index contributed by atoms with van der Waals surface area (Å²) in [4.78, 5) is 17.2. The Morgan fingerprint density at radius 2 is 1.82 bits per heavy atom. The molecule has 0 atom stereocenters. The van der Waals surface area contributed by atoms with Crippen molar-refractivity contribution in [2.45, 2.75) is 39.5 Å². The smallest absolute Gasteiger partial charge is 0.239 e. The molecular formula is C17H23N3OS. The standard InChI is InChI=1S/C17H23N3OS/c1-10(2)12-5-7-13(8-6-12)15-16(11(3)4)22-17(20-15)19-14(21)9-18/h5-8,10-11H,9,18H2,1-4H3,(H,19,20,21). The average Bonchev–Trinajstić information content (AvgIpc) is 2.91. The highest BCUT2D eigenvalue weighted by Gasteiger charge is 2.17. The van der Waals surface area contributed by atoms with Gasteiger partial charge in [0.15, 0.2) is 5.13 Å². The minimum atomic E-state index is -0.217. The number of aromatic nitrogens is 1. The largest absolute Gasteiger partial charge is 0.322 e. The van der Waals surface area contributed by atoms with Crippen LogP contribution < -0.4 is 11.1 Å². The van der Waals surface area contributed by atoms with Crippen LogP contribution in [0.15, 0.2) is 24.3 Å². The van der Waals surface area contributed by atoms with E-state index in [9.17, 15) is 4.79 Å². The number of carbonyl (C=O) groups is 1. The lowest BCUT2D eigenvalue weighted by Crippen LogP contribution is -2.21. The fourth-order valence-electron chi connectivity index (χ4n) is 2.18. The number of hydrogen-bond donors (Lipinski definition) is 2. The van der Waals surface area contributed by atoms with Crippen molar-refractivity contribution < 1.29 is 4.79 Å². The Hall–Kier alpha value is -1.72. The highest BCUT2D eigenvalue weighted by Crippen LogP contribution is 2.36. The third-order valence-electron chi connectivity index (χ3n) is 3.46. The number of amides is 1. The molecule has 0 saturated heterocycles. The van der Waals surface area contributed by atoms with Gasteiger partial charge in [-0.3, -0.25) is 4.79 Å². The van der Waals surface area contributed by atoms with Gasteiger partial charge in [0.05, 0.1) is 12.2 Å². The van der Waals surface area contributed by atoms with E-state index in [0.717, 1.165) is 11.3 Å². The minimum Gasteiger partial charge on any atom is -0.322 e. The van der Waals surface area contributed by atoms with Crippen LogP contribution >= 0.6 is 11.3 Å². The number of nitrogens with zero attached hydrogens (tertiary/aromatic N) is 1. The second-order valence-electron chi connectivity index (χ2n) is 5.92. The maximum Gasteiger partial charge on any atom is 0.239 e. The summed E-state index contributed by atoms with van der Waals surface area (Å²) in [6.07, 6.45) is 0. The number of benzene rings is 1. The predicted molar refractivity (Wildman–Crippen MR) is 93.4 cm³/mol. The van der Waals surface area contributed by atoms with Crippen molar-refractivity contribution >= 4 is 22.4 Å². The number of nitrogens with two attached hydrogens (primary N) is 1. The van der Waals surface area contributed by atoms with E-state index in [1.54, 1.807) is 0 Å². The van der Waals surface area contributed by atoms with Crippen LogP contribution in [0.2, 0.25) is 0 Å². The highest BCUT2D eigenvalue weighted by atomic mass is 32.1. The lowest BCUT2D eigenvalue weighted by atomic mass is 9.99. The molecule has 0 bridgehead atoms. The van der Waals surface area contributed by atoms with Crippen molar-refractivity contribution in [2.24, 2.45) is 5.73 Å². The quantitative estimate of drug-likeness (QED) is 0.877. The van der Waals surface area contributed by atoms with Gasteiger partial charge in [-0.1, -0.05) is 52.0 Å². The summed E-state index contributed by atoms with van der Waals surface area (Å²) in [5, 5.41) is 3.36. The molecule has 2 rings (SSSR count). The van der Waals surface area contributed by atoms with E-state index in [0.29, 0.717) is 17.0 Å². The Morgan fingerprint density at radius 1 is 1.18 bits per heavy atom. The fourth-order valence-corrected chi connectivity index (χ4v) is 3.19. The molecule has 3 N–H and O–H groups in total. The van der Waals surface area contributed by atoms with Gasteiger partial charge in [-0.05, 0) is 17.4 Å². The molecule has 0 unspecified atom stereocenters.